The first-order chi connectivity index (χ1) is 16.2. The lowest BCUT2D eigenvalue weighted by Gasteiger charge is -2.43. The number of carboxylic acids is 1. The van der Waals surface area contributed by atoms with Gasteiger partial charge in [0.2, 0.25) is 0 Å². The van der Waals surface area contributed by atoms with Crippen LogP contribution in [0.4, 0.5) is 4.79 Å². The van der Waals surface area contributed by atoms with Gasteiger partial charge in [0.1, 0.15) is 0 Å². The molecule has 0 heterocycles. The number of hydrogen-bond donors (Lipinski definition) is 3. The van der Waals surface area contributed by atoms with E-state index in [0.717, 1.165) is 62.6 Å². The van der Waals surface area contributed by atoms with E-state index in [4.69, 9.17) is 4.74 Å². The van der Waals surface area contributed by atoms with Gasteiger partial charge in [-0.1, -0.05) is 43.5 Å². The van der Waals surface area contributed by atoms with Gasteiger partial charge in [-0.15, -0.1) is 0 Å². The molecule has 3 rings (SSSR count). The first-order valence-electron chi connectivity index (χ1n) is 12.8. The summed E-state index contributed by atoms with van der Waals surface area (Å²) < 4.78 is 5.00. The molecule has 1 aromatic rings. The maximum atomic E-state index is 11.9. The van der Waals surface area contributed by atoms with Crippen LogP contribution in [-0.2, 0) is 15.1 Å². The predicted molar refractivity (Wildman–Crippen MR) is 132 cm³/mol. The second-order valence-electron chi connectivity index (χ2n) is 10.7. The standard InChI is InChI=1S/C27H42N2O5/c1-4-34-25(32)28-19-26(17-24(30)31)13-8-10-21(16-26)20-9-7-12-22(15-20)27(33)14-6-5-11-23(27)18-29(2)3/h7,9,12,15,21,23,33H,4-6,8,10-11,13-14,16-19H2,1-3H3,(H,28,32)(H,30,31)/t21?,23-,26?,27+/m1/s1. The van der Waals surface area contributed by atoms with E-state index in [0.29, 0.717) is 13.0 Å². The summed E-state index contributed by atoms with van der Waals surface area (Å²) in [5.74, 6) is -0.461. The number of rotatable bonds is 9. The molecule has 2 aliphatic rings. The molecule has 4 atom stereocenters. The van der Waals surface area contributed by atoms with Crippen LogP contribution in [0.15, 0.2) is 24.3 Å². The molecular weight excluding hydrogens is 432 g/mol. The number of nitrogens with one attached hydrogen (secondary N) is 1. The number of carbonyl (C=O) groups excluding carboxylic acids is 1. The second-order valence-corrected chi connectivity index (χ2v) is 10.7. The number of ether oxygens (including phenoxy) is 1. The summed E-state index contributed by atoms with van der Waals surface area (Å²) in [6.07, 6.45) is 6.81. The zero-order chi connectivity index (χ0) is 24.8. The Morgan fingerprint density at radius 1 is 1.18 bits per heavy atom. The molecule has 0 aliphatic heterocycles. The molecule has 34 heavy (non-hydrogen) atoms. The summed E-state index contributed by atoms with van der Waals surface area (Å²) in [5, 5.41) is 24.2. The molecule has 0 spiro atoms. The van der Waals surface area contributed by atoms with Crippen molar-refractivity contribution in [3.8, 4) is 0 Å². The Morgan fingerprint density at radius 2 is 1.97 bits per heavy atom. The van der Waals surface area contributed by atoms with Crippen LogP contribution >= 0.6 is 0 Å². The Kier molecular flexibility index (Phi) is 8.99. The van der Waals surface area contributed by atoms with Crippen molar-refractivity contribution >= 4 is 12.1 Å². The van der Waals surface area contributed by atoms with E-state index in [-0.39, 0.29) is 24.9 Å². The lowest BCUT2D eigenvalue weighted by molar-refractivity contribution is -0.140. The van der Waals surface area contributed by atoms with Crippen molar-refractivity contribution in [1.82, 2.24) is 10.2 Å². The number of alkyl carbamates (subject to hydrolysis) is 1. The number of aliphatic hydroxyl groups is 1. The summed E-state index contributed by atoms with van der Waals surface area (Å²) in [4.78, 5) is 25.8. The average Bonchev–Trinajstić information content (AvgIpc) is 2.79. The van der Waals surface area contributed by atoms with E-state index < -0.39 is 23.1 Å². The Bertz CT molecular complexity index is 844. The van der Waals surface area contributed by atoms with E-state index in [9.17, 15) is 19.8 Å². The van der Waals surface area contributed by atoms with Gasteiger partial charge in [0.25, 0.3) is 0 Å². The number of hydrogen-bond acceptors (Lipinski definition) is 5. The molecule has 2 aliphatic carbocycles. The molecule has 7 heteroatoms. The maximum absolute atomic E-state index is 11.9. The quantitative estimate of drug-likeness (QED) is 0.488. The smallest absolute Gasteiger partial charge is 0.407 e. The predicted octanol–water partition coefficient (Wildman–Crippen LogP) is 4.49. The molecule has 1 aromatic carbocycles. The normalized spacial score (nSPS) is 29.6. The highest BCUT2D eigenvalue weighted by Crippen LogP contribution is 2.47. The minimum atomic E-state index is -0.844. The van der Waals surface area contributed by atoms with E-state index in [1.165, 1.54) is 0 Å². The molecule has 2 fully saturated rings. The first kappa shape index (κ1) is 26.5. The first-order valence-corrected chi connectivity index (χ1v) is 12.8. The number of benzene rings is 1. The van der Waals surface area contributed by atoms with Gasteiger partial charge >= 0.3 is 12.1 Å². The van der Waals surface area contributed by atoms with Crippen molar-refractivity contribution in [3.63, 3.8) is 0 Å². The van der Waals surface area contributed by atoms with Crippen molar-refractivity contribution in [1.29, 1.82) is 0 Å². The third kappa shape index (κ3) is 6.51. The highest BCUT2D eigenvalue weighted by molar-refractivity contribution is 5.69. The van der Waals surface area contributed by atoms with Crippen LogP contribution in [0.2, 0.25) is 0 Å². The summed E-state index contributed by atoms with van der Waals surface area (Å²) in [5.41, 5.74) is 0.796. The Labute approximate surface area is 203 Å². The van der Waals surface area contributed by atoms with E-state index >= 15 is 0 Å². The van der Waals surface area contributed by atoms with Crippen LogP contribution in [0.25, 0.3) is 0 Å². The third-order valence-corrected chi connectivity index (χ3v) is 7.83. The van der Waals surface area contributed by atoms with Gasteiger partial charge in [-0.2, -0.15) is 0 Å². The molecule has 0 saturated heterocycles. The minimum Gasteiger partial charge on any atom is -0.481 e. The van der Waals surface area contributed by atoms with Crippen molar-refractivity contribution in [2.75, 3.05) is 33.8 Å². The van der Waals surface area contributed by atoms with E-state index in [1.807, 2.05) is 12.1 Å². The van der Waals surface area contributed by atoms with Crippen molar-refractivity contribution < 1.29 is 24.5 Å². The van der Waals surface area contributed by atoms with Gasteiger partial charge in [-0.25, -0.2) is 4.79 Å². The van der Waals surface area contributed by atoms with Gasteiger partial charge in [0.15, 0.2) is 0 Å². The molecule has 2 unspecified atom stereocenters. The molecule has 1 amide bonds. The second kappa shape index (κ2) is 11.5. The lowest BCUT2D eigenvalue weighted by Crippen LogP contribution is -2.43. The zero-order valence-electron chi connectivity index (χ0n) is 21.0. The Balaban J connectivity index is 1.83. The van der Waals surface area contributed by atoms with Crippen LogP contribution in [0.3, 0.4) is 0 Å². The van der Waals surface area contributed by atoms with Crippen molar-refractivity contribution in [3.05, 3.63) is 35.4 Å². The van der Waals surface area contributed by atoms with Crippen molar-refractivity contribution in [2.24, 2.45) is 11.3 Å². The molecule has 0 radical (unpaired) electrons. The summed E-state index contributed by atoms with van der Waals surface area (Å²) in [7, 11) is 4.11. The Hall–Kier alpha value is -2.12. The van der Waals surface area contributed by atoms with Crippen LogP contribution in [0.5, 0.6) is 0 Å². The number of aliphatic carboxylic acids is 1. The topological polar surface area (TPSA) is 99.1 Å². The average molecular weight is 475 g/mol. The summed E-state index contributed by atoms with van der Waals surface area (Å²) >= 11 is 0. The fourth-order valence-corrected chi connectivity index (χ4v) is 6.23. The highest BCUT2D eigenvalue weighted by atomic mass is 16.5. The zero-order valence-corrected chi connectivity index (χ0v) is 21.0. The number of nitrogens with zero attached hydrogens (tertiary/aromatic N) is 1. The van der Waals surface area contributed by atoms with Gasteiger partial charge < -0.3 is 25.2 Å². The van der Waals surface area contributed by atoms with E-state index in [1.54, 1.807) is 6.92 Å². The third-order valence-electron chi connectivity index (χ3n) is 7.83. The van der Waals surface area contributed by atoms with Crippen LogP contribution in [0.1, 0.15) is 81.8 Å². The summed E-state index contributed by atoms with van der Waals surface area (Å²) in [6, 6.07) is 8.35. The number of amides is 1. The SMILES string of the molecule is CCOC(=O)NCC1(CC(=O)O)CCCC(c2cccc([C@@]3(O)CCCC[C@@H]3CN(C)C)c2)C1. The molecular formula is C27H42N2O5. The lowest BCUT2D eigenvalue weighted by atomic mass is 9.65. The van der Waals surface area contributed by atoms with Crippen LogP contribution in [0, 0.1) is 11.3 Å². The van der Waals surface area contributed by atoms with Gasteiger partial charge in [-0.3, -0.25) is 4.79 Å². The van der Waals surface area contributed by atoms with Crippen LogP contribution < -0.4 is 5.32 Å². The Morgan fingerprint density at radius 3 is 2.68 bits per heavy atom. The monoisotopic (exact) mass is 474 g/mol. The number of carboxylic acid groups (broad SMARTS) is 1. The van der Waals surface area contributed by atoms with Gasteiger partial charge in [-0.05, 0) is 75.6 Å². The fraction of sp³-hybridized carbons (Fsp3) is 0.704. The van der Waals surface area contributed by atoms with E-state index in [2.05, 4.69) is 36.4 Å². The molecule has 3 N–H and O–H groups in total. The van der Waals surface area contributed by atoms with Crippen LogP contribution in [-0.4, -0.2) is 61.0 Å². The number of carbonyl (C=O) groups is 2. The largest absolute Gasteiger partial charge is 0.481 e. The summed E-state index contributed by atoms with van der Waals surface area (Å²) in [6.45, 7) is 3.18. The molecule has 2 saturated carbocycles. The van der Waals surface area contributed by atoms with Gasteiger partial charge in [0.05, 0.1) is 18.6 Å². The maximum Gasteiger partial charge on any atom is 0.407 e. The minimum absolute atomic E-state index is 0.0183. The highest BCUT2D eigenvalue weighted by Gasteiger charge is 2.42. The van der Waals surface area contributed by atoms with Crippen molar-refractivity contribution in [2.45, 2.75) is 76.2 Å². The molecule has 0 aromatic heterocycles. The fourth-order valence-electron chi connectivity index (χ4n) is 6.23. The molecule has 7 nitrogen and oxygen atoms in total. The molecule has 190 valence electrons. The molecule has 0 bridgehead atoms. The van der Waals surface area contributed by atoms with Gasteiger partial charge in [0, 0.05) is 19.0 Å².